The van der Waals surface area contributed by atoms with E-state index in [1.807, 2.05) is 0 Å². The Kier molecular flexibility index (Phi) is 3.57. The minimum atomic E-state index is -0.0213. The first-order valence-electron chi connectivity index (χ1n) is 7.30. The lowest BCUT2D eigenvalue weighted by molar-refractivity contribution is -0.213. The molecule has 1 N–H and O–H groups in total. The van der Waals surface area contributed by atoms with Gasteiger partial charge in [0.25, 0.3) is 0 Å². The van der Waals surface area contributed by atoms with Gasteiger partial charge in [0.2, 0.25) is 0 Å². The van der Waals surface area contributed by atoms with Crippen LogP contribution in [0.5, 0.6) is 0 Å². The molecule has 2 fully saturated rings. The highest BCUT2D eigenvalue weighted by Crippen LogP contribution is 2.42. The molecule has 0 amide bonds. The summed E-state index contributed by atoms with van der Waals surface area (Å²) in [5.41, 5.74) is 0.0158. The third-order valence-electron chi connectivity index (χ3n) is 4.56. The first-order valence-corrected chi connectivity index (χ1v) is 7.30. The van der Waals surface area contributed by atoms with Gasteiger partial charge in [-0.25, -0.2) is 0 Å². The van der Waals surface area contributed by atoms with Crippen molar-refractivity contribution in [3.8, 4) is 0 Å². The highest BCUT2D eigenvalue weighted by Gasteiger charge is 2.45. The molecule has 1 aliphatic heterocycles. The van der Waals surface area contributed by atoms with Crippen LogP contribution in [0.4, 0.5) is 0 Å². The predicted octanol–water partition coefficient (Wildman–Crippen LogP) is 3.71. The minimum absolute atomic E-state index is 0.0213. The topological polar surface area (TPSA) is 21.3 Å². The van der Waals surface area contributed by atoms with Gasteiger partial charge in [-0.2, -0.15) is 0 Å². The summed E-state index contributed by atoms with van der Waals surface area (Å²) >= 11 is 0. The highest BCUT2D eigenvalue weighted by atomic mass is 16.5. The molecule has 0 aromatic heterocycles. The maximum atomic E-state index is 6.39. The standard InChI is InChI=1S/C15H29NO/c1-11(2)13-6-8-15(9-7-13)16-12(3)10-14(4,5)17-15/h11-13,16H,6-10H2,1-5H3. The molecule has 2 nitrogen and oxygen atoms in total. The van der Waals surface area contributed by atoms with Gasteiger partial charge in [0, 0.05) is 6.04 Å². The van der Waals surface area contributed by atoms with Crippen molar-refractivity contribution in [3.05, 3.63) is 0 Å². The maximum Gasteiger partial charge on any atom is 0.120 e. The molecule has 1 saturated heterocycles. The average molecular weight is 239 g/mol. The summed E-state index contributed by atoms with van der Waals surface area (Å²) in [4.78, 5) is 0. The Morgan fingerprint density at radius 2 is 1.76 bits per heavy atom. The highest BCUT2D eigenvalue weighted by molar-refractivity contribution is 4.95. The van der Waals surface area contributed by atoms with Crippen LogP contribution in [0.1, 0.15) is 66.7 Å². The van der Waals surface area contributed by atoms with E-state index in [-0.39, 0.29) is 11.3 Å². The molecular formula is C15H29NO. The van der Waals surface area contributed by atoms with Crippen LogP contribution in [0.2, 0.25) is 0 Å². The third-order valence-corrected chi connectivity index (χ3v) is 4.56. The molecule has 2 aliphatic rings. The van der Waals surface area contributed by atoms with Crippen LogP contribution in [0.25, 0.3) is 0 Å². The second-order valence-electron chi connectivity index (χ2n) is 7.19. The van der Waals surface area contributed by atoms with Gasteiger partial charge in [-0.1, -0.05) is 13.8 Å². The molecule has 1 aliphatic carbocycles. The summed E-state index contributed by atoms with van der Waals surface area (Å²) < 4.78 is 6.39. The van der Waals surface area contributed by atoms with Gasteiger partial charge < -0.3 is 4.74 Å². The van der Waals surface area contributed by atoms with Crippen molar-refractivity contribution in [2.45, 2.75) is 84.1 Å². The number of ether oxygens (including phenoxy) is 1. The van der Waals surface area contributed by atoms with Gasteiger partial charge in [0.1, 0.15) is 5.72 Å². The lowest BCUT2D eigenvalue weighted by atomic mass is 9.76. The van der Waals surface area contributed by atoms with Gasteiger partial charge in [-0.05, 0) is 64.7 Å². The SMILES string of the molecule is CC1CC(C)(C)OC2(CCC(C(C)C)CC2)N1. The summed E-state index contributed by atoms with van der Waals surface area (Å²) in [5.74, 6) is 1.72. The second-order valence-corrected chi connectivity index (χ2v) is 7.19. The van der Waals surface area contributed by atoms with E-state index in [1.54, 1.807) is 0 Å². The Labute approximate surface area is 107 Å². The minimum Gasteiger partial charge on any atom is -0.355 e. The molecular weight excluding hydrogens is 210 g/mol. The molecule has 2 rings (SSSR count). The molecule has 1 atom stereocenters. The van der Waals surface area contributed by atoms with E-state index < -0.39 is 0 Å². The van der Waals surface area contributed by atoms with E-state index in [1.165, 1.54) is 25.7 Å². The van der Waals surface area contributed by atoms with Crippen molar-refractivity contribution >= 4 is 0 Å². The maximum absolute atomic E-state index is 6.39. The normalized spacial score (nSPS) is 42.0. The van der Waals surface area contributed by atoms with E-state index in [0.717, 1.165) is 18.3 Å². The van der Waals surface area contributed by atoms with Crippen LogP contribution in [0.15, 0.2) is 0 Å². The summed E-state index contributed by atoms with van der Waals surface area (Å²) in [7, 11) is 0. The summed E-state index contributed by atoms with van der Waals surface area (Å²) in [6.45, 7) is 11.5. The average Bonchev–Trinajstić information content (AvgIpc) is 2.14. The molecule has 0 aromatic carbocycles. The van der Waals surface area contributed by atoms with Gasteiger partial charge in [-0.15, -0.1) is 0 Å². The molecule has 0 bridgehead atoms. The lowest BCUT2D eigenvalue weighted by Crippen LogP contribution is -2.62. The Hall–Kier alpha value is -0.0800. The smallest absolute Gasteiger partial charge is 0.120 e. The number of hydrogen-bond donors (Lipinski definition) is 1. The predicted molar refractivity (Wildman–Crippen MR) is 71.9 cm³/mol. The van der Waals surface area contributed by atoms with Crippen LogP contribution in [0, 0.1) is 11.8 Å². The fraction of sp³-hybridized carbons (Fsp3) is 1.00. The van der Waals surface area contributed by atoms with Crippen LogP contribution in [0.3, 0.4) is 0 Å². The van der Waals surface area contributed by atoms with Crippen molar-refractivity contribution in [1.29, 1.82) is 0 Å². The summed E-state index contributed by atoms with van der Waals surface area (Å²) in [6, 6.07) is 0.578. The van der Waals surface area contributed by atoms with E-state index in [0.29, 0.717) is 6.04 Å². The van der Waals surface area contributed by atoms with Gasteiger partial charge >= 0.3 is 0 Å². The van der Waals surface area contributed by atoms with Crippen LogP contribution >= 0.6 is 0 Å². The fourth-order valence-corrected chi connectivity index (χ4v) is 3.86. The number of hydrogen-bond acceptors (Lipinski definition) is 2. The molecule has 100 valence electrons. The van der Waals surface area contributed by atoms with Crippen LogP contribution in [-0.2, 0) is 4.74 Å². The lowest BCUT2D eigenvalue weighted by Gasteiger charge is -2.52. The first-order chi connectivity index (χ1) is 7.82. The molecule has 2 heteroatoms. The molecule has 1 unspecified atom stereocenters. The molecule has 0 radical (unpaired) electrons. The van der Waals surface area contributed by atoms with E-state index in [9.17, 15) is 0 Å². The monoisotopic (exact) mass is 239 g/mol. The number of rotatable bonds is 1. The quantitative estimate of drug-likeness (QED) is 0.753. The second kappa shape index (κ2) is 4.55. The zero-order valence-electron chi connectivity index (χ0n) is 12.2. The molecule has 1 spiro atoms. The Bertz CT molecular complexity index is 264. The Balaban J connectivity index is 2.01. The van der Waals surface area contributed by atoms with E-state index >= 15 is 0 Å². The largest absolute Gasteiger partial charge is 0.355 e. The van der Waals surface area contributed by atoms with Crippen molar-refractivity contribution in [1.82, 2.24) is 5.32 Å². The summed E-state index contributed by atoms with van der Waals surface area (Å²) in [6.07, 6.45) is 6.11. The van der Waals surface area contributed by atoms with E-state index in [2.05, 4.69) is 39.9 Å². The zero-order chi connectivity index (χ0) is 12.7. The number of nitrogens with one attached hydrogen (secondary N) is 1. The third kappa shape index (κ3) is 3.03. The van der Waals surface area contributed by atoms with Crippen molar-refractivity contribution < 1.29 is 4.74 Å². The van der Waals surface area contributed by atoms with Gasteiger partial charge in [0.05, 0.1) is 5.60 Å². The van der Waals surface area contributed by atoms with Crippen molar-refractivity contribution in [3.63, 3.8) is 0 Å². The molecule has 0 aromatic rings. The van der Waals surface area contributed by atoms with Crippen molar-refractivity contribution in [2.24, 2.45) is 11.8 Å². The van der Waals surface area contributed by atoms with Gasteiger partial charge in [0.15, 0.2) is 0 Å². The van der Waals surface area contributed by atoms with E-state index in [4.69, 9.17) is 4.74 Å². The molecule has 1 heterocycles. The molecule has 17 heavy (non-hydrogen) atoms. The van der Waals surface area contributed by atoms with Gasteiger partial charge in [-0.3, -0.25) is 5.32 Å². The molecule has 1 saturated carbocycles. The Morgan fingerprint density at radius 3 is 2.24 bits per heavy atom. The fourth-order valence-electron chi connectivity index (χ4n) is 3.86. The van der Waals surface area contributed by atoms with Crippen molar-refractivity contribution in [2.75, 3.05) is 0 Å². The zero-order valence-corrected chi connectivity index (χ0v) is 12.2. The Morgan fingerprint density at radius 1 is 1.18 bits per heavy atom. The van der Waals surface area contributed by atoms with Crippen LogP contribution in [-0.4, -0.2) is 17.4 Å². The van der Waals surface area contributed by atoms with Crippen LogP contribution < -0.4 is 5.32 Å². The first kappa shape index (κ1) is 13.4. The summed E-state index contributed by atoms with van der Waals surface area (Å²) in [5, 5.41) is 3.72.